The van der Waals surface area contributed by atoms with Gasteiger partial charge in [0, 0.05) is 0 Å². The minimum Gasteiger partial charge on any atom is -0.388 e. The van der Waals surface area contributed by atoms with Crippen LogP contribution < -0.4 is 11.1 Å². The van der Waals surface area contributed by atoms with Crippen molar-refractivity contribution in [2.45, 2.75) is 32.8 Å². The van der Waals surface area contributed by atoms with Gasteiger partial charge in [0.15, 0.2) is 0 Å². The van der Waals surface area contributed by atoms with Crippen LogP contribution in [0, 0.1) is 5.92 Å². The number of aliphatic hydroxyl groups is 1. The quantitative estimate of drug-likeness (QED) is 0.733. The van der Waals surface area contributed by atoms with Gasteiger partial charge in [-0.2, -0.15) is 0 Å². The van der Waals surface area contributed by atoms with E-state index in [0.717, 1.165) is 18.4 Å². The maximum Gasteiger partial charge on any atom is 0.314 e. The van der Waals surface area contributed by atoms with Gasteiger partial charge in [0.2, 0.25) is 0 Å². The molecule has 1 aromatic carbocycles. The molecule has 5 nitrogen and oxygen atoms in total. The van der Waals surface area contributed by atoms with Gasteiger partial charge >= 0.3 is 11.1 Å². The Balaban J connectivity index is 2.44. The number of hydrogen-bond donors (Lipinski definition) is 3. The van der Waals surface area contributed by atoms with Crippen molar-refractivity contribution >= 4 is 11.0 Å². The predicted molar refractivity (Wildman–Crippen MR) is 74.2 cm³/mol. The van der Waals surface area contributed by atoms with E-state index in [1.165, 1.54) is 0 Å². The van der Waals surface area contributed by atoms with Gasteiger partial charge in [-0.05, 0) is 30.0 Å². The van der Waals surface area contributed by atoms with Gasteiger partial charge in [0.25, 0.3) is 0 Å². The number of fused-ring (bicyclic) bond motifs is 1. The van der Waals surface area contributed by atoms with Gasteiger partial charge in [-0.15, -0.1) is 0 Å². The molecule has 0 fully saturated rings. The topological polar surface area (TPSA) is 85.9 Å². The maximum absolute atomic E-state index is 11.3. The van der Waals surface area contributed by atoms with Crippen LogP contribution in [0.5, 0.6) is 0 Å². The first-order valence-corrected chi connectivity index (χ1v) is 6.47. The van der Waals surface area contributed by atoms with E-state index >= 15 is 0 Å². The SMILES string of the molecule is CCCC(C)C(O)c1ccc2[nH]c(=O)c(=O)[nH]c2c1. The minimum atomic E-state index is -0.680. The molecule has 0 aliphatic rings. The fourth-order valence-electron chi connectivity index (χ4n) is 2.26. The molecule has 3 N–H and O–H groups in total. The van der Waals surface area contributed by atoms with Gasteiger partial charge in [0.1, 0.15) is 0 Å². The number of rotatable bonds is 4. The molecular formula is C14H18N2O3. The molecule has 2 unspecified atom stereocenters. The van der Waals surface area contributed by atoms with Crippen LogP contribution in [-0.2, 0) is 0 Å². The highest BCUT2D eigenvalue weighted by Gasteiger charge is 2.16. The highest BCUT2D eigenvalue weighted by atomic mass is 16.3. The van der Waals surface area contributed by atoms with Gasteiger partial charge in [-0.1, -0.05) is 26.3 Å². The monoisotopic (exact) mass is 262 g/mol. The highest BCUT2D eigenvalue weighted by molar-refractivity contribution is 5.74. The lowest BCUT2D eigenvalue weighted by Gasteiger charge is -2.18. The zero-order chi connectivity index (χ0) is 14.0. The normalized spacial score (nSPS) is 14.5. The maximum atomic E-state index is 11.3. The van der Waals surface area contributed by atoms with E-state index in [2.05, 4.69) is 16.9 Å². The van der Waals surface area contributed by atoms with Crippen LogP contribution >= 0.6 is 0 Å². The molecule has 0 aliphatic carbocycles. The van der Waals surface area contributed by atoms with Crippen molar-refractivity contribution in [1.82, 2.24) is 9.97 Å². The zero-order valence-corrected chi connectivity index (χ0v) is 11.1. The summed E-state index contributed by atoms with van der Waals surface area (Å²) in [5.41, 5.74) is 0.491. The van der Waals surface area contributed by atoms with Crippen LogP contribution in [0.2, 0.25) is 0 Å². The summed E-state index contributed by atoms with van der Waals surface area (Å²) in [6.45, 7) is 4.07. The van der Waals surface area contributed by atoms with E-state index in [4.69, 9.17) is 0 Å². The minimum absolute atomic E-state index is 0.150. The second kappa shape index (κ2) is 5.40. The summed E-state index contributed by atoms with van der Waals surface area (Å²) in [6.07, 6.45) is 1.37. The van der Waals surface area contributed by atoms with Crippen molar-refractivity contribution in [3.05, 3.63) is 44.5 Å². The Morgan fingerprint density at radius 1 is 1.16 bits per heavy atom. The second-order valence-corrected chi connectivity index (χ2v) is 4.92. The first-order chi connectivity index (χ1) is 9.02. The third-order valence-corrected chi connectivity index (χ3v) is 3.37. The molecule has 2 aromatic rings. The van der Waals surface area contributed by atoms with Crippen LogP contribution in [0.4, 0.5) is 0 Å². The third kappa shape index (κ3) is 2.76. The molecule has 0 saturated carbocycles. The van der Waals surface area contributed by atoms with Crippen LogP contribution in [0.3, 0.4) is 0 Å². The summed E-state index contributed by atoms with van der Waals surface area (Å²) < 4.78 is 0. The number of H-pyrrole nitrogens is 2. The Hall–Kier alpha value is -1.88. The van der Waals surface area contributed by atoms with Crippen molar-refractivity contribution in [1.29, 1.82) is 0 Å². The largest absolute Gasteiger partial charge is 0.388 e. The fraction of sp³-hybridized carbons (Fsp3) is 0.429. The van der Waals surface area contributed by atoms with Gasteiger partial charge in [-0.3, -0.25) is 9.59 Å². The first kappa shape index (κ1) is 13.5. The number of nitrogens with one attached hydrogen (secondary N) is 2. The molecule has 5 heteroatoms. The lowest BCUT2D eigenvalue weighted by molar-refractivity contribution is 0.112. The summed E-state index contributed by atoms with van der Waals surface area (Å²) in [5, 5.41) is 10.2. The summed E-state index contributed by atoms with van der Waals surface area (Å²) >= 11 is 0. The van der Waals surface area contributed by atoms with E-state index in [1.807, 2.05) is 6.92 Å². The number of hydrogen-bond acceptors (Lipinski definition) is 3. The Morgan fingerprint density at radius 2 is 1.79 bits per heavy atom. The van der Waals surface area contributed by atoms with Crippen molar-refractivity contribution in [2.24, 2.45) is 5.92 Å². The number of aromatic amines is 2. The molecule has 1 aromatic heterocycles. The summed E-state index contributed by atoms with van der Waals surface area (Å²) in [7, 11) is 0. The van der Waals surface area contributed by atoms with Crippen LogP contribution in [0.25, 0.3) is 11.0 Å². The Bertz CT molecular complexity index is 687. The average molecular weight is 262 g/mol. The van der Waals surface area contributed by atoms with E-state index in [1.54, 1.807) is 18.2 Å². The molecule has 0 aliphatic heterocycles. The van der Waals surface area contributed by atoms with Crippen molar-refractivity contribution in [2.75, 3.05) is 0 Å². The Morgan fingerprint density at radius 3 is 2.42 bits per heavy atom. The molecule has 0 saturated heterocycles. The smallest absolute Gasteiger partial charge is 0.314 e. The van der Waals surface area contributed by atoms with Crippen molar-refractivity contribution in [3.63, 3.8) is 0 Å². The van der Waals surface area contributed by atoms with Crippen LogP contribution in [-0.4, -0.2) is 15.1 Å². The first-order valence-electron chi connectivity index (χ1n) is 6.47. The molecule has 2 rings (SSSR count). The standard InChI is InChI=1S/C14H18N2O3/c1-3-4-8(2)12(17)9-5-6-10-11(7-9)16-14(19)13(18)15-10/h5-8,12,17H,3-4H2,1-2H3,(H,15,18)(H,16,19). The fourth-order valence-corrected chi connectivity index (χ4v) is 2.26. The van der Waals surface area contributed by atoms with E-state index in [9.17, 15) is 14.7 Å². The van der Waals surface area contributed by atoms with Gasteiger partial charge in [-0.25, -0.2) is 0 Å². The molecule has 0 bridgehead atoms. The van der Waals surface area contributed by atoms with Crippen LogP contribution in [0.15, 0.2) is 27.8 Å². The van der Waals surface area contributed by atoms with E-state index in [0.29, 0.717) is 11.0 Å². The molecule has 102 valence electrons. The number of benzene rings is 1. The van der Waals surface area contributed by atoms with Crippen LogP contribution in [0.1, 0.15) is 38.4 Å². The molecule has 19 heavy (non-hydrogen) atoms. The summed E-state index contributed by atoms with van der Waals surface area (Å²) in [5.74, 6) is 0.150. The molecule has 0 radical (unpaired) electrons. The third-order valence-electron chi connectivity index (χ3n) is 3.37. The highest BCUT2D eigenvalue weighted by Crippen LogP contribution is 2.26. The Kier molecular flexibility index (Phi) is 3.85. The molecule has 2 atom stereocenters. The molecular weight excluding hydrogens is 244 g/mol. The summed E-state index contributed by atoms with van der Waals surface area (Å²) in [4.78, 5) is 27.5. The van der Waals surface area contributed by atoms with E-state index < -0.39 is 17.2 Å². The lowest BCUT2D eigenvalue weighted by Crippen LogP contribution is -2.29. The summed E-state index contributed by atoms with van der Waals surface area (Å²) in [6, 6.07) is 5.18. The van der Waals surface area contributed by atoms with Gasteiger partial charge < -0.3 is 15.1 Å². The lowest BCUT2D eigenvalue weighted by atomic mass is 9.93. The molecule has 1 heterocycles. The zero-order valence-electron chi connectivity index (χ0n) is 11.1. The van der Waals surface area contributed by atoms with Crippen molar-refractivity contribution < 1.29 is 5.11 Å². The second-order valence-electron chi connectivity index (χ2n) is 4.92. The van der Waals surface area contributed by atoms with Crippen molar-refractivity contribution in [3.8, 4) is 0 Å². The van der Waals surface area contributed by atoms with E-state index in [-0.39, 0.29) is 5.92 Å². The predicted octanol–water partition coefficient (Wildman–Crippen LogP) is 1.69. The molecule has 0 amide bonds. The molecule has 0 spiro atoms. The Labute approximate surface area is 110 Å². The van der Waals surface area contributed by atoms with Gasteiger partial charge in [0.05, 0.1) is 17.1 Å². The number of aromatic nitrogens is 2. The number of aliphatic hydroxyl groups excluding tert-OH is 1. The average Bonchev–Trinajstić information content (AvgIpc) is 2.39.